The smallest absolute Gasteiger partial charge is 0.319 e. The summed E-state index contributed by atoms with van der Waals surface area (Å²) in [6.45, 7) is 1.31. The molecule has 9 heteroatoms. The third kappa shape index (κ3) is 6.05. The van der Waals surface area contributed by atoms with Crippen molar-refractivity contribution >= 4 is 17.3 Å². The number of carbonyl (C=O) groups excluding carboxylic acids is 1. The van der Waals surface area contributed by atoms with Crippen molar-refractivity contribution in [1.82, 2.24) is 0 Å². The Morgan fingerprint density at radius 2 is 1.00 bits per heavy atom. The van der Waals surface area contributed by atoms with Crippen LogP contribution in [-0.2, 0) is 4.79 Å². The Bertz CT molecular complexity index is 1260. The Labute approximate surface area is 200 Å². The number of nitrogens with two attached hydrogens (primary N) is 1. The first-order valence-electron chi connectivity index (χ1n) is 10.4. The van der Waals surface area contributed by atoms with Crippen LogP contribution in [0.1, 0.15) is 6.92 Å². The monoisotopic (exact) mass is 471 g/mol. The zero-order valence-electron chi connectivity index (χ0n) is 18.7. The summed E-state index contributed by atoms with van der Waals surface area (Å²) < 4.78 is 5.80. The first-order valence-corrected chi connectivity index (χ1v) is 10.4. The lowest BCUT2D eigenvalue weighted by Gasteiger charge is -2.12. The zero-order valence-corrected chi connectivity index (χ0v) is 18.7. The van der Waals surface area contributed by atoms with Crippen LogP contribution in [0.5, 0.6) is 11.5 Å². The SMILES string of the molecule is CC(N)=O.O=[N+]([O-])c1c(Oc2cccc(-c3ccccc3)c2[N+](=O)[O-])cccc1-c1ccccc1. The topological polar surface area (TPSA) is 139 Å². The molecule has 0 saturated heterocycles. The molecule has 0 unspecified atom stereocenters. The Balaban J connectivity index is 0.000000795. The summed E-state index contributed by atoms with van der Waals surface area (Å²) in [5.41, 5.74) is 5.98. The van der Waals surface area contributed by atoms with Crippen LogP contribution in [-0.4, -0.2) is 15.8 Å². The normalized spacial score (nSPS) is 9.97. The quantitative estimate of drug-likeness (QED) is 0.265. The maximum atomic E-state index is 11.9. The molecule has 0 heterocycles. The van der Waals surface area contributed by atoms with Gasteiger partial charge in [0.25, 0.3) is 0 Å². The Kier molecular flexibility index (Phi) is 7.86. The third-order valence-corrected chi connectivity index (χ3v) is 4.75. The van der Waals surface area contributed by atoms with Crippen molar-refractivity contribution in [3.8, 4) is 33.8 Å². The standard InChI is InChI=1S/C24H16N2O5.C2H5NO/c27-25(28)23-19(17-9-3-1-4-10-17)13-7-15-21(23)31-22-16-8-14-20(24(22)26(29)30)18-11-5-2-6-12-18;1-2(3)4/h1-16H;1H3,(H2,3,4). The molecule has 4 aromatic carbocycles. The summed E-state index contributed by atoms with van der Waals surface area (Å²) in [6, 6.07) is 27.1. The lowest BCUT2D eigenvalue weighted by atomic mass is 10.0. The van der Waals surface area contributed by atoms with Crippen LogP contribution in [0.25, 0.3) is 22.3 Å². The van der Waals surface area contributed by atoms with E-state index >= 15 is 0 Å². The number of nitro benzene ring substituents is 2. The minimum absolute atomic E-state index is 0.0698. The average Bonchev–Trinajstić information content (AvgIpc) is 2.84. The summed E-state index contributed by atoms with van der Waals surface area (Å²) in [5.74, 6) is -0.473. The van der Waals surface area contributed by atoms with Gasteiger partial charge in [-0.05, 0) is 35.4 Å². The number of primary amides is 1. The van der Waals surface area contributed by atoms with Crippen molar-refractivity contribution in [2.75, 3.05) is 0 Å². The number of ether oxygens (including phenoxy) is 1. The number of rotatable bonds is 6. The van der Waals surface area contributed by atoms with Crippen LogP contribution in [0.4, 0.5) is 11.4 Å². The lowest BCUT2D eigenvalue weighted by molar-refractivity contribution is -0.386. The summed E-state index contributed by atoms with van der Waals surface area (Å²) in [7, 11) is 0. The number of nitrogens with zero attached hydrogens (tertiary/aromatic N) is 2. The molecule has 0 atom stereocenters. The Hall–Kier alpha value is -5.05. The molecule has 4 aromatic rings. The molecule has 176 valence electrons. The highest BCUT2D eigenvalue weighted by Gasteiger charge is 2.27. The fourth-order valence-corrected chi connectivity index (χ4v) is 3.41. The largest absolute Gasteiger partial charge is 0.443 e. The fraction of sp³-hybridized carbons (Fsp3) is 0.0385. The van der Waals surface area contributed by atoms with Crippen molar-refractivity contribution in [3.05, 3.63) is 117 Å². The minimum Gasteiger partial charge on any atom is -0.443 e. The van der Waals surface area contributed by atoms with E-state index in [9.17, 15) is 25.0 Å². The van der Waals surface area contributed by atoms with Crippen LogP contribution in [0.3, 0.4) is 0 Å². The van der Waals surface area contributed by atoms with Gasteiger partial charge in [-0.3, -0.25) is 25.0 Å². The van der Waals surface area contributed by atoms with Crippen molar-refractivity contribution in [1.29, 1.82) is 0 Å². The van der Waals surface area contributed by atoms with Gasteiger partial charge in [0, 0.05) is 6.92 Å². The molecule has 2 N–H and O–H groups in total. The molecule has 0 spiro atoms. The van der Waals surface area contributed by atoms with Crippen molar-refractivity contribution < 1.29 is 19.4 Å². The number of carbonyl (C=O) groups is 1. The summed E-state index contributed by atoms with van der Waals surface area (Å²) in [5, 5.41) is 23.8. The van der Waals surface area contributed by atoms with E-state index in [1.165, 1.54) is 19.1 Å². The van der Waals surface area contributed by atoms with Gasteiger partial charge >= 0.3 is 11.4 Å². The molecule has 0 radical (unpaired) electrons. The van der Waals surface area contributed by atoms with Gasteiger partial charge in [-0.1, -0.05) is 72.8 Å². The van der Waals surface area contributed by atoms with Gasteiger partial charge in [0.2, 0.25) is 17.4 Å². The maximum Gasteiger partial charge on any atom is 0.319 e. The molecule has 0 aromatic heterocycles. The zero-order chi connectivity index (χ0) is 25.4. The second-order valence-electron chi connectivity index (χ2n) is 7.26. The minimum atomic E-state index is -0.537. The van der Waals surface area contributed by atoms with Crippen LogP contribution < -0.4 is 10.5 Å². The molecule has 0 aliphatic heterocycles. The molecule has 35 heavy (non-hydrogen) atoms. The van der Waals surface area contributed by atoms with E-state index in [2.05, 4.69) is 5.73 Å². The summed E-state index contributed by atoms with van der Waals surface area (Å²) >= 11 is 0. The first kappa shape index (κ1) is 24.6. The van der Waals surface area contributed by atoms with Gasteiger partial charge in [-0.2, -0.15) is 0 Å². The first-order chi connectivity index (χ1) is 16.8. The van der Waals surface area contributed by atoms with Gasteiger partial charge in [0.15, 0.2) is 0 Å². The molecule has 4 rings (SSSR count). The third-order valence-electron chi connectivity index (χ3n) is 4.75. The van der Waals surface area contributed by atoms with Crippen molar-refractivity contribution in [2.24, 2.45) is 5.73 Å². The molecule has 0 aliphatic rings. The predicted molar refractivity (Wildman–Crippen MR) is 132 cm³/mol. The van der Waals surface area contributed by atoms with Gasteiger partial charge in [0.05, 0.1) is 21.0 Å². The molecule has 9 nitrogen and oxygen atoms in total. The molecule has 0 bridgehead atoms. The van der Waals surface area contributed by atoms with E-state index in [1.54, 1.807) is 72.8 Å². The number of para-hydroxylation sites is 2. The number of amides is 1. The number of nitro groups is 2. The van der Waals surface area contributed by atoms with Crippen LogP contribution >= 0.6 is 0 Å². The van der Waals surface area contributed by atoms with Crippen LogP contribution in [0, 0.1) is 20.2 Å². The van der Waals surface area contributed by atoms with Gasteiger partial charge in [0.1, 0.15) is 0 Å². The van der Waals surface area contributed by atoms with E-state index in [0.29, 0.717) is 22.3 Å². The van der Waals surface area contributed by atoms with Gasteiger partial charge < -0.3 is 10.5 Å². The lowest BCUT2D eigenvalue weighted by Crippen LogP contribution is -2.01. The highest BCUT2D eigenvalue weighted by atomic mass is 16.6. The number of hydrogen-bond acceptors (Lipinski definition) is 6. The van der Waals surface area contributed by atoms with Crippen LogP contribution in [0.15, 0.2) is 97.1 Å². The summed E-state index contributed by atoms with van der Waals surface area (Å²) in [4.78, 5) is 32.0. The van der Waals surface area contributed by atoms with E-state index in [4.69, 9.17) is 4.74 Å². The molecule has 1 amide bonds. The number of hydrogen-bond donors (Lipinski definition) is 1. The molecular weight excluding hydrogens is 450 g/mol. The predicted octanol–water partition coefficient (Wildman–Crippen LogP) is 6.12. The maximum absolute atomic E-state index is 11.9. The second-order valence-corrected chi connectivity index (χ2v) is 7.26. The van der Waals surface area contributed by atoms with Gasteiger partial charge in [-0.15, -0.1) is 0 Å². The van der Waals surface area contributed by atoms with E-state index in [0.717, 1.165) is 0 Å². The molecule has 0 saturated carbocycles. The summed E-state index contributed by atoms with van der Waals surface area (Å²) in [6.07, 6.45) is 0. The van der Waals surface area contributed by atoms with E-state index in [-0.39, 0.29) is 28.8 Å². The molecule has 0 aliphatic carbocycles. The van der Waals surface area contributed by atoms with Crippen molar-refractivity contribution in [3.63, 3.8) is 0 Å². The second kappa shape index (κ2) is 11.2. The van der Waals surface area contributed by atoms with Gasteiger partial charge in [-0.25, -0.2) is 0 Å². The average molecular weight is 471 g/mol. The Morgan fingerprint density at radius 3 is 1.31 bits per heavy atom. The highest BCUT2D eigenvalue weighted by molar-refractivity contribution is 5.80. The number of benzene rings is 4. The van der Waals surface area contributed by atoms with E-state index in [1.807, 2.05) is 12.1 Å². The van der Waals surface area contributed by atoms with Crippen LogP contribution in [0.2, 0.25) is 0 Å². The van der Waals surface area contributed by atoms with Crippen molar-refractivity contribution in [2.45, 2.75) is 6.92 Å². The fourth-order valence-electron chi connectivity index (χ4n) is 3.41. The van der Waals surface area contributed by atoms with E-state index < -0.39 is 9.85 Å². The molecule has 0 fully saturated rings. The highest BCUT2D eigenvalue weighted by Crippen LogP contribution is 2.44. The Morgan fingerprint density at radius 1 is 0.657 bits per heavy atom. The molecular formula is C26H21N3O6.